The molecular formula is C26H39NO4S. The molecule has 0 amide bonds. The van der Waals surface area contributed by atoms with E-state index in [1.165, 1.54) is 0 Å². The number of unbranched alkanes of at least 4 members (excludes halogenated alkanes) is 2. The molecule has 0 fully saturated rings. The third-order valence-corrected chi connectivity index (χ3v) is 8.99. The van der Waals surface area contributed by atoms with Crippen molar-refractivity contribution >= 4 is 16.3 Å². The molecule has 0 radical (unpaired) electrons. The number of anilines is 1. The van der Waals surface area contributed by atoms with Crippen molar-refractivity contribution in [3.63, 3.8) is 0 Å². The van der Waals surface area contributed by atoms with Crippen molar-refractivity contribution < 1.29 is 19.3 Å². The first kappa shape index (κ1) is 24.9. The van der Waals surface area contributed by atoms with Crippen LogP contribution in [-0.4, -0.2) is 45.3 Å². The summed E-state index contributed by atoms with van der Waals surface area (Å²) in [6, 6.07) is 12.7. The summed E-state index contributed by atoms with van der Waals surface area (Å²) in [5.41, 5.74) is 2.00. The van der Waals surface area contributed by atoms with Crippen LogP contribution in [0.5, 0.6) is 5.75 Å². The van der Waals surface area contributed by atoms with Gasteiger partial charge in [-0.1, -0.05) is 51.7 Å². The summed E-state index contributed by atoms with van der Waals surface area (Å²) < 4.78 is 22.9. The average molecular weight is 462 g/mol. The molecule has 0 bridgehead atoms. The Bertz CT molecular complexity index is 889. The molecule has 0 unspecified atom stereocenters. The van der Waals surface area contributed by atoms with Crippen LogP contribution in [0.4, 0.5) is 5.69 Å². The van der Waals surface area contributed by atoms with E-state index >= 15 is 0 Å². The highest BCUT2D eigenvalue weighted by molar-refractivity contribution is 8.24. The summed E-state index contributed by atoms with van der Waals surface area (Å²) >= 11 is 0. The zero-order valence-corrected chi connectivity index (χ0v) is 20.6. The molecule has 5 nitrogen and oxygen atoms in total. The van der Waals surface area contributed by atoms with Crippen LogP contribution < -0.4 is 4.90 Å². The third kappa shape index (κ3) is 4.93. The van der Waals surface area contributed by atoms with Gasteiger partial charge in [0.2, 0.25) is 0 Å². The van der Waals surface area contributed by atoms with Crippen molar-refractivity contribution in [1.82, 2.24) is 0 Å². The highest BCUT2D eigenvalue weighted by Gasteiger charge is 2.49. The van der Waals surface area contributed by atoms with Gasteiger partial charge in [-0.2, -0.15) is 10.6 Å². The van der Waals surface area contributed by atoms with Gasteiger partial charge in [0.05, 0.1) is 16.8 Å². The van der Waals surface area contributed by atoms with E-state index in [1.54, 1.807) is 12.1 Å². The molecule has 2 aromatic rings. The number of aliphatic hydroxyl groups excluding tert-OH is 1. The summed E-state index contributed by atoms with van der Waals surface area (Å²) in [6.07, 6.45) is 4.57. The topological polar surface area (TPSA) is 84.2 Å². The van der Waals surface area contributed by atoms with E-state index in [0.717, 1.165) is 55.3 Å². The molecule has 2 atom stereocenters. The molecule has 1 heterocycles. The molecule has 0 spiro atoms. The number of aliphatic hydroxyl groups is 1. The Morgan fingerprint density at radius 2 is 1.56 bits per heavy atom. The fraction of sp³-hybridized carbons (Fsp3) is 0.538. The van der Waals surface area contributed by atoms with Crippen molar-refractivity contribution in [2.45, 2.75) is 69.3 Å². The highest BCUT2D eigenvalue weighted by atomic mass is 32.3. The van der Waals surface area contributed by atoms with Gasteiger partial charge >= 0.3 is 0 Å². The molecule has 0 saturated heterocycles. The number of rotatable bonds is 8. The number of hydrogen-bond acceptors (Lipinski definition) is 5. The molecule has 0 aromatic heterocycles. The first-order chi connectivity index (χ1) is 15.1. The minimum atomic E-state index is -3.10. The molecule has 3 rings (SSSR count). The van der Waals surface area contributed by atoms with E-state index in [0.29, 0.717) is 4.90 Å². The Morgan fingerprint density at radius 1 is 0.969 bits per heavy atom. The van der Waals surface area contributed by atoms with E-state index in [-0.39, 0.29) is 11.5 Å². The lowest BCUT2D eigenvalue weighted by atomic mass is 9.68. The molecule has 178 valence electrons. The van der Waals surface area contributed by atoms with Gasteiger partial charge in [-0.15, -0.1) is 0 Å². The predicted molar refractivity (Wildman–Crippen MR) is 134 cm³/mol. The quantitative estimate of drug-likeness (QED) is 0.363. The second kappa shape index (κ2) is 10.0. The molecular weight excluding hydrogens is 422 g/mol. The highest BCUT2D eigenvalue weighted by Crippen LogP contribution is 2.62. The maximum Gasteiger partial charge on any atom is 0.115 e. The minimum Gasteiger partial charge on any atom is -0.508 e. The molecule has 0 aliphatic carbocycles. The maximum atomic E-state index is 12.1. The van der Waals surface area contributed by atoms with Gasteiger partial charge in [-0.25, -0.2) is 0 Å². The fourth-order valence-electron chi connectivity index (χ4n) is 5.11. The first-order valence-corrected chi connectivity index (χ1v) is 13.4. The summed E-state index contributed by atoms with van der Waals surface area (Å²) in [7, 11) is 0.808. The van der Waals surface area contributed by atoms with Crippen LogP contribution in [0.25, 0.3) is 0 Å². The van der Waals surface area contributed by atoms with Crippen LogP contribution in [0.2, 0.25) is 0 Å². The second-order valence-corrected chi connectivity index (χ2v) is 11.6. The van der Waals surface area contributed by atoms with Crippen LogP contribution in [-0.2, 0) is 0 Å². The molecule has 0 saturated carbocycles. The van der Waals surface area contributed by atoms with Crippen molar-refractivity contribution in [2.75, 3.05) is 24.7 Å². The van der Waals surface area contributed by atoms with E-state index in [9.17, 15) is 19.3 Å². The van der Waals surface area contributed by atoms with E-state index in [1.807, 2.05) is 49.3 Å². The predicted octanol–water partition coefficient (Wildman–Crippen LogP) is 6.44. The lowest BCUT2D eigenvalue weighted by molar-refractivity contribution is 0.0119. The molecule has 6 heteroatoms. The van der Waals surface area contributed by atoms with Gasteiger partial charge in [-0.05, 0) is 54.3 Å². The van der Waals surface area contributed by atoms with Crippen molar-refractivity contribution in [2.24, 2.45) is 5.41 Å². The van der Waals surface area contributed by atoms with Crippen molar-refractivity contribution in [3.05, 3.63) is 53.6 Å². The van der Waals surface area contributed by atoms with Gasteiger partial charge in [0, 0.05) is 31.1 Å². The zero-order valence-electron chi connectivity index (χ0n) is 19.8. The van der Waals surface area contributed by atoms with E-state index in [2.05, 4.69) is 13.8 Å². The number of aromatic hydroxyl groups is 1. The standard InChI is InChI=1S/C26H39NO4S/c1-5-7-15-26(16-8-6-2)18-32(30,31)23-14-11-20(27(3)4)17-22(23)24(25(26)29)19-9-12-21(28)13-10-19/h9-14,17,24-25,28-31H,5-8,15-16,18H2,1-4H3/t24-,25-/m1/s1. The van der Waals surface area contributed by atoms with Gasteiger partial charge in [0.1, 0.15) is 5.75 Å². The number of phenolic OH excluding ortho intramolecular Hbond substituents is 1. The third-order valence-electron chi connectivity index (χ3n) is 6.94. The van der Waals surface area contributed by atoms with Crippen LogP contribution in [0, 0.1) is 5.41 Å². The van der Waals surface area contributed by atoms with Crippen LogP contribution in [0.1, 0.15) is 69.4 Å². The van der Waals surface area contributed by atoms with Crippen molar-refractivity contribution in [1.29, 1.82) is 0 Å². The molecule has 1 aliphatic rings. The first-order valence-electron chi connectivity index (χ1n) is 11.7. The molecule has 32 heavy (non-hydrogen) atoms. The van der Waals surface area contributed by atoms with Crippen LogP contribution in [0.3, 0.4) is 0 Å². The van der Waals surface area contributed by atoms with Gasteiger partial charge in [-0.3, -0.25) is 9.11 Å². The Morgan fingerprint density at radius 3 is 2.09 bits per heavy atom. The molecule has 2 aromatic carbocycles. The SMILES string of the molecule is CCCCC1(CCCC)CS(O)(O)c2ccc(N(C)C)cc2[C@@H](c2ccc(O)cc2)[C@H]1O. The summed E-state index contributed by atoms with van der Waals surface area (Å²) in [5, 5.41) is 21.9. The van der Waals surface area contributed by atoms with Crippen molar-refractivity contribution in [3.8, 4) is 5.75 Å². The Kier molecular flexibility index (Phi) is 7.81. The van der Waals surface area contributed by atoms with Gasteiger partial charge < -0.3 is 15.1 Å². The molecule has 4 N–H and O–H groups in total. The normalized spacial score (nSPS) is 22.6. The van der Waals surface area contributed by atoms with Crippen LogP contribution in [0.15, 0.2) is 47.4 Å². The fourth-order valence-corrected chi connectivity index (χ4v) is 7.37. The lowest BCUT2D eigenvalue weighted by Gasteiger charge is -2.44. The summed E-state index contributed by atoms with van der Waals surface area (Å²) in [5.74, 6) is -0.0520. The number of phenols is 1. The zero-order chi connectivity index (χ0) is 23.5. The number of nitrogens with zero attached hydrogens (tertiary/aromatic N) is 1. The Hall–Kier alpha value is -1.73. The van der Waals surface area contributed by atoms with Gasteiger partial charge in [0.25, 0.3) is 0 Å². The lowest BCUT2D eigenvalue weighted by Crippen LogP contribution is -2.42. The van der Waals surface area contributed by atoms with Gasteiger partial charge in [0.15, 0.2) is 0 Å². The van der Waals surface area contributed by atoms with E-state index in [4.69, 9.17) is 0 Å². The second-order valence-electron chi connectivity index (χ2n) is 9.51. The maximum absolute atomic E-state index is 12.1. The number of hydrogen-bond donors (Lipinski definition) is 4. The van der Waals surface area contributed by atoms with Crippen LogP contribution >= 0.6 is 10.6 Å². The number of fused-ring (bicyclic) bond motifs is 1. The number of benzene rings is 2. The Balaban J connectivity index is 2.27. The summed E-state index contributed by atoms with van der Waals surface area (Å²) in [4.78, 5) is 2.52. The monoisotopic (exact) mass is 461 g/mol. The average Bonchev–Trinajstić information content (AvgIpc) is 2.83. The molecule has 1 aliphatic heterocycles. The Labute approximate surface area is 194 Å². The minimum absolute atomic E-state index is 0.173. The summed E-state index contributed by atoms with van der Waals surface area (Å²) in [6.45, 7) is 4.26. The largest absolute Gasteiger partial charge is 0.508 e. The van der Waals surface area contributed by atoms with E-state index < -0.39 is 28.0 Å². The smallest absolute Gasteiger partial charge is 0.115 e.